The van der Waals surface area contributed by atoms with Crippen LogP contribution in [-0.4, -0.2) is 49.3 Å². The van der Waals surface area contributed by atoms with Crippen LogP contribution in [0.2, 0.25) is 0 Å². The van der Waals surface area contributed by atoms with Crippen molar-refractivity contribution in [2.45, 2.75) is 69.3 Å². The van der Waals surface area contributed by atoms with Gasteiger partial charge in [-0.2, -0.15) is 0 Å². The van der Waals surface area contributed by atoms with Gasteiger partial charge in [-0.25, -0.2) is 19.7 Å². The fraction of sp³-hybridized carbons (Fsp3) is 0.579. The summed E-state index contributed by atoms with van der Waals surface area (Å²) in [7, 11) is 0. The summed E-state index contributed by atoms with van der Waals surface area (Å²) in [4.78, 5) is 36.4. The van der Waals surface area contributed by atoms with Gasteiger partial charge in [0.1, 0.15) is 16.9 Å². The molecule has 0 saturated heterocycles. The van der Waals surface area contributed by atoms with Gasteiger partial charge in [0, 0.05) is 11.6 Å². The second kappa shape index (κ2) is 6.51. The smallest absolute Gasteiger partial charge is 0.417 e. The van der Waals surface area contributed by atoms with Gasteiger partial charge in [-0.05, 0) is 45.9 Å². The van der Waals surface area contributed by atoms with E-state index in [1.807, 2.05) is 31.6 Å². The van der Waals surface area contributed by atoms with E-state index in [0.29, 0.717) is 10.9 Å². The zero-order valence-electron chi connectivity index (χ0n) is 16.1. The van der Waals surface area contributed by atoms with Crippen LogP contribution in [-0.2, 0) is 4.74 Å². The highest BCUT2D eigenvalue weighted by Gasteiger charge is 2.46. The molecule has 0 unspecified atom stereocenters. The van der Waals surface area contributed by atoms with E-state index in [2.05, 4.69) is 9.97 Å². The van der Waals surface area contributed by atoms with E-state index in [4.69, 9.17) is 4.74 Å². The number of amides is 2. The molecule has 1 aliphatic carbocycles. The minimum atomic E-state index is -0.648. The maximum Gasteiger partial charge on any atom is 0.417 e. The predicted molar refractivity (Wildman–Crippen MR) is 103 cm³/mol. The van der Waals surface area contributed by atoms with Crippen LogP contribution in [0, 0.1) is 0 Å². The number of ether oxygens (including phenoxy) is 1. The Morgan fingerprint density at radius 1 is 1.26 bits per heavy atom. The van der Waals surface area contributed by atoms with Crippen molar-refractivity contribution >= 4 is 34.8 Å². The molecule has 0 radical (unpaired) electrons. The standard InChI is InChI=1S/C19H24N4O3S/c1-19(2,3)26-18(25)23-13-8-6-5-7-12(13)22-14(16(23)24)9-11-10-20-17(27-4)21-15(11)22/h9-10,12-13H,5-8H2,1-4H3/t12-,13+/m1/s1. The van der Waals surface area contributed by atoms with Crippen LogP contribution in [0.4, 0.5) is 4.79 Å². The van der Waals surface area contributed by atoms with Crippen molar-refractivity contribution in [3.05, 3.63) is 18.0 Å². The van der Waals surface area contributed by atoms with Crippen molar-refractivity contribution in [3.8, 4) is 0 Å². The minimum Gasteiger partial charge on any atom is -0.443 e. The second-order valence-electron chi connectivity index (χ2n) is 8.11. The Labute approximate surface area is 162 Å². The summed E-state index contributed by atoms with van der Waals surface area (Å²) in [6.45, 7) is 5.44. The summed E-state index contributed by atoms with van der Waals surface area (Å²) in [5.41, 5.74) is 0.620. The molecule has 0 N–H and O–H groups in total. The highest BCUT2D eigenvalue weighted by molar-refractivity contribution is 7.98. The third kappa shape index (κ3) is 3.09. The van der Waals surface area contributed by atoms with Crippen molar-refractivity contribution in [3.63, 3.8) is 0 Å². The highest BCUT2D eigenvalue weighted by Crippen LogP contribution is 2.41. The molecule has 2 atom stereocenters. The van der Waals surface area contributed by atoms with Crippen LogP contribution in [0.25, 0.3) is 11.0 Å². The summed E-state index contributed by atoms with van der Waals surface area (Å²) in [5, 5.41) is 1.50. The Hall–Kier alpha value is -2.09. The molecule has 2 aromatic heterocycles. The lowest BCUT2D eigenvalue weighted by Gasteiger charge is -2.43. The number of hydrogen-bond donors (Lipinski definition) is 0. The predicted octanol–water partition coefficient (Wildman–Crippen LogP) is 4.03. The van der Waals surface area contributed by atoms with Gasteiger partial charge in [0.25, 0.3) is 5.91 Å². The van der Waals surface area contributed by atoms with Gasteiger partial charge >= 0.3 is 6.09 Å². The molecule has 1 aliphatic heterocycles. The zero-order valence-corrected chi connectivity index (χ0v) is 16.9. The molecule has 1 fully saturated rings. The van der Waals surface area contributed by atoms with Gasteiger partial charge in [0.2, 0.25) is 0 Å². The molecule has 144 valence electrons. The Kier molecular flexibility index (Phi) is 4.41. The van der Waals surface area contributed by atoms with E-state index in [0.717, 1.165) is 36.7 Å². The SMILES string of the molecule is CSc1ncc2cc3n(c2n1)[C@@H]1CCCC[C@@H]1N(C(=O)OC(C)(C)C)C3=O. The molecule has 0 bridgehead atoms. The Balaban J connectivity index is 1.84. The van der Waals surface area contributed by atoms with E-state index in [-0.39, 0.29) is 18.0 Å². The summed E-state index contributed by atoms with van der Waals surface area (Å²) >= 11 is 1.47. The first kappa shape index (κ1) is 18.3. The maximum atomic E-state index is 13.3. The van der Waals surface area contributed by atoms with E-state index in [9.17, 15) is 9.59 Å². The van der Waals surface area contributed by atoms with Crippen LogP contribution in [0.1, 0.15) is 63.0 Å². The van der Waals surface area contributed by atoms with Crippen LogP contribution in [0.5, 0.6) is 0 Å². The van der Waals surface area contributed by atoms with Gasteiger partial charge in [-0.3, -0.25) is 4.79 Å². The molecule has 0 aromatic carbocycles. The normalized spacial score (nSPS) is 22.5. The topological polar surface area (TPSA) is 77.3 Å². The quantitative estimate of drug-likeness (QED) is 0.542. The summed E-state index contributed by atoms with van der Waals surface area (Å²) in [5.74, 6) is -0.309. The van der Waals surface area contributed by atoms with Gasteiger partial charge in [-0.15, -0.1) is 0 Å². The Morgan fingerprint density at radius 3 is 2.63 bits per heavy atom. The third-order valence-corrected chi connectivity index (χ3v) is 5.68. The van der Waals surface area contributed by atoms with Gasteiger partial charge in [0.15, 0.2) is 5.16 Å². The van der Waals surface area contributed by atoms with Gasteiger partial charge in [-0.1, -0.05) is 24.6 Å². The largest absolute Gasteiger partial charge is 0.443 e. The molecule has 8 heteroatoms. The minimum absolute atomic E-state index is 0.0288. The van der Waals surface area contributed by atoms with Gasteiger partial charge in [0.05, 0.1) is 12.1 Å². The first-order valence-electron chi connectivity index (χ1n) is 9.28. The molecule has 2 aromatic rings. The third-order valence-electron chi connectivity index (χ3n) is 5.12. The Morgan fingerprint density at radius 2 is 1.96 bits per heavy atom. The summed E-state index contributed by atoms with van der Waals surface area (Å²) < 4.78 is 7.58. The molecule has 4 rings (SSSR count). The molecule has 3 heterocycles. The number of nitrogens with zero attached hydrogens (tertiary/aromatic N) is 4. The number of fused-ring (bicyclic) bond motifs is 5. The molecule has 1 saturated carbocycles. The van der Waals surface area contributed by atoms with Crippen molar-refractivity contribution in [2.24, 2.45) is 0 Å². The molecule has 2 amide bonds. The van der Waals surface area contributed by atoms with Crippen molar-refractivity contribution < 1.29 is 14.3 Å². The van der Waals surface area contributed by atoms with Crippen LogP contribution in [0.15, 0.2) is 17.4 Å². The highest BCUT2D eigenvalue weighted by atomic mass is 32.2. The molecule has 0 spiro atoms. The fourth-order valence-corrected chi connectivity index (χ4v) is 4.42. The fourth-order valence-electron chi connectivity index (χ4n) is 4.09. The molecule has 7 nitrogen and oxygen atoms in total. The lowest BCUT2D eigenvalue weighted by atomic mass is 9.87. The van der Waals surface area contributed by atoms with Crippen LogP contribution < -0.4 is 0 Å². The number of thioether (sulfide) groups is 1. The summed E-state index contributed by atoms with van der Waals surface area (Å²) in [6.07, 6.45) is 6.88. The number of imide groups is 1. The number of rotatable bonds is 1. The second-order valence-corrected chi connectivity index (χ2v) is 8.88. The molecule has 2 aliphatic rings. The number of aromatic nitrogens is 3. The summed E-state index contributed by atoms with van der Waals surface area (Å²) in [6, 6.07) is 1.63. The van der Waals surface area contributed by atoms with Crippen LogP contribution >= 0.6 is 11.8 Å². The van der Waals surface area contributed by atoms with Crippen molar-refractivity contribution in [1.82, 2.24) is 19.4 Å². The number of hydrogen-bond acceptors (Lipinski definition) is 6. The van der Waals surface area contributed by atoms with Crippen molar-refractivity contribution in [2.75, 3.05) is 6.26 Å². The molecule has 27 heavy (non-hydrogen) atoms. The average Bonchev–Trinajstić information content (AvgIpc) is 2.99. The van der Waals surface area contributed by atoms with Crippen LogP contribution in [0.3, 0.4) is 0 Å². The van der Waals surface area contributed by atoms with E-state index in [1.54, 1.807) is 12.3 Å². The number of carbonyl (C=O) groups is 2. The zero-order chi connectivity index (χ0) is 19.3. The first-order chi connectivity index (χ1) is 12.8. The van der Waals surface area contributed by atoms with Gasteiger partial charge < -0.3 is 9.30 Å². The van der Waals surface area contributed by atoms with E-state index in [1.165, 1.54) is 16.7 Å². The lowest BCUT2D eigenvalue weighted by Crippen LogP contribution is -2.55. The van der Waals surface area contributed by atoms with E-state index >= 15 is 0 Å². The van der Waals surface area contributed by atoms with E-state index < -0.39 is 11.7 Å². The average molecular weight is 388 g/mol. The molecular formula is C19H24N4O3S. The Bertz CT molecular complexity index is 918. The monoisotopic (exact) mass is 388 g/mol. The molecular weight excluding hydrogens is 364 g/mol. The first-order valence-corrected chi connectivity index (χ1v) is 10.5. The number of carbonyl (C=O) groups excluding carboxylic acids is 2. The lowest BCUT2D eigenvalue weighted by molar-refractivity contribution is 0.00252. The maximum absolute atomic E-state index is 13.3. The van der Waals surface area contributed by atoms with Crippen molar-refractivity contribution in [1.29, 1.82) is 0 Å².